The molecule has 1 aromatic heterocycles. The van der Waals surface area contributed by atoms with Crippen molar-refractivity contribution >= 4 is 35.0 Å². The molecule has 7 nitrogen and oxygen atoms in total. The minimum absolute atomic E-state index is 0.131. The van der Waals surface area contributed by atoms with Crippen molar-refractivity contribution in [1.29, 1.82) is 0 Å². The zero-order chi connectivity index (χ0) is 23.9. The number of methoxy groups -OCH3 is 1. The quantitative estimate of drug-likeness (QED) is 0.299. The van der Waals surface area contributed by atoms with Crippen molar-refractivity contribution < 1.29 is 14.3 Å². The summed E-state index contributed by atoms with van der Waals surface area (Å²) in [6, 6.07) is 22.4. The van der Waals surface area contributed by atoms with E-state index in [1.807, 2.05) is 72.2 Å². The lowest BCUT2D eigenvalue weighted by atomic mass is 10.2. The summed E-state index contributed by atoms with van der Waals surface area (Å²) in [5, 5.41) is 12.7. The van der Waals surface area contributed by atoms with Crippen LogP contribution >= 0.6 is 23.4 Å². The molecule has 0 unspecified atom stereocenters. The molecule has 0 atom stereocenters. The molecule has 0 radical (unpaired) electrons. The first-order valence-electron chi connectivity index (χ1n) is 10.6. The number of halogens is 1. The molecule has 174 valence electrons. The standard InChI is InChI=1S/C25H23ClN4O3S/c1-3-33-18-14-12-17(13-15-18)30-24(19-8-4-7-11-22(19)32-2)28-29-25(30)34-16-23(31)27-21-10-6-5-9-20(21)26/h4-15H,3,16H2,1-2H3,(H,27,31). The van der Waals surface area contributed by atoms with E-state index in [1.165, 1.54) is 11.8 Å². The highest BCUT2D eigenvalue weighted by Crippen LogP contribution is 2.33. The van der Waals surface area contributed by atoms with Gasteiger partial charge in [-0.15, -0.1) is 10.2 Å². The first-order chi connectivity index (χ1) is 16.6. The first-order valence-corrected chi connectivity index (χ1v) is 12.0. The van der Waals surface area contributed by atoms with Gasteiger partial charge in [0.15, 0.2) is 11.0 Å². The van der Waals surface area contributed by atoms with Crippen LogP contribution in [-0.4, -0.2) is 40.1 Å². The van der Waals surface area contributed by atoms with Crippen molar-refractivity contribution in [3.8, 4) is 28.6 Å². The Labute approximate surface area is 207 Å². The van der Waals surface area contributed by atoms with Gasteiger partial charge < -0.3 is 14.8 Å². The third-order valence-corrected chi connectivity index (χ3v) is 6.13. The lowest BCUT2D eigenvalue weighted by molar-refractivity contribution is -0.113. The minimum atomic E-state index is -0.196. The van der Waals surface area contributed by atoms with Crippen LogP contribution in [0, 0.1) is 0 Å². The van der Waals surface area contributed by atoms with Gasteiger partial charge in [0.2, 0.25) is 5.91 Å². The van der Waals surface area contributed by atoms with Gasteiger partial charge in [-0.3, -0.25) is 9.36 Å². The first kappa shape index (κ1) is 23.7. The molecule has 0 fully saturated rings. The Morgan fingerprint density at radius 3 is 2.50 bits per heavy atom. The number of thioether (sulfide) groups is 1. The molecule has 3 aromatic carbocycles. The molecule has 1 amide bonds. The van der Waals surface area contributed by atoms with E-state index in [4.69, 9.17) is 21.1 Å². The van der Waals surface area contributed by atoms with Crippen molar-refractivity contribution in [3.05, 3.63) is 77.8 Å². The van der Waals surface area contributed by atoms with Gasteiger partial charge in [0.05, 0.1) is 41.4 Å². The molecule has 4 aromatic rings. The van der Waals surface area contributed by atoms with Crippen molar-refractivity contribution in [1.82, 2.24) is 14.8 Å². The summed E-state index contributed by atoms with van der Waals surface area (Å²) in [4.78, 5) is 12.6. The summed E-state index contributed by atoms with van der Waals surface area (Å²) in [6.07, 6.45) is 0. The van der Waals surface area contributed by atoms with Crippen LogP contribution < -0.4 is 14.8 Å². The van der Waals surface area contributed by atoms with Gasteiger partial charge in [0.25, 0.3) is 0 Å². The molecule has 4 rings (SSSR count). The fourth-order valence-electron chi connectivity index (χ4n) is 3.34. The summed E-state index contributed by atoms with van der Waals surface area (Å²) in [5.74, 6) is 1.99. The summed E-state index contributed by atoms with van der Waals surface area (Å²) in [7, 11) is 1.62. The summed E-state index contributed by atoms with van der Waals surface area (Å²) in [5.41, 5.74) is 2.19. The molecule has 0 aliphatic carbocycles. The Morgan fingerprint density at radius 2 is 1.76 bits per heavy atom. The molecule has 0 saturated heterocycles. The molecule has 34 heavy (non-hydrogen) atoms. The van der Waals surface area contributed by atoms with Crippen molar-refractivity contribution in [2.45, 2.75) is 12.1 Å². The second kappa shape index (κ2) is 11.1. The number of anilines is 1. The fourth-order valence-corrected chi connectivity index (χ4v) is 4.27. The SMILES string of the molecule is CCOc1ccc(-n2c(SCC(=O)Nc3ccccc3Cl)nnc2-c2ccccc2OC)cc1. The second-order valence-electron chi connectivity index (χ2n) is 7.09. The Balaban J connectivity index is 1.65. The number of carbonyl (C=O) groups excluding carboxylic acids is 1. The van der Waals surface area contributed by atoms with Gasteiger partial charge in [-0.25, -0.2) is 0 Å². The molecule has 0 bridgehead atoms. The van der Waals surface area contributed by atoms with Crippen LogP contribution in [0.4, 0.5) is 5.69 Å². The highest BCUT2D eigenvalue weighted by Gasteiger charge is 2.20. The molecule has 1 N–H and O–H groups in total. The number of ether oxygens (including phenoxy) is 2. The Morgan fingerprint density at radius 1 is 1.03 bits per heavy atom. The van der Waals surface area contributed by atoms with E-state index in [9.17, 15) is 4.79 Å². The molecule has 0 saturated carbocycles. The number of para-hydroxylation sites is 2. The lowest BCUT2D eigenvalue weighted by Crippen LogP contribution is -2.14. The topological polar surface area (TPSA) is 78.3 Å². The highest BCUT2D eigenvalue weighted by atomic mass is 35.5. The van der Waals surface area contributed by atoms with Gasteiger partial charge in [-0.1, -0.05) is 47.6 Å². The number of hydrogen-bond donors (Lipinski definition) is 1. The fraction of sp³-hybridized carbons (Fsp3) is 0.160. The van der Waals surface area contributed by atoms with E-state index < -0.39 is 0 Å². The average molecular weight is 495 g/mol. The van der Waals surface area contributed by atoms with Crippen LogP contribution in [0.1, 0.15) is 6.92 Å². The molecule has 0 spiro atoms. The van der Waals surface area contributed by atoms with Gasteiger partial charge in [0, 0.05) is 0 Å². The van der Waals surface area contributed by atoms with Crippen LogP contribution in [0.15, 0.2) is 78.0 Å². The summed E-state index contributed by atoms with van der Waals surface area (Å²) < 4.78 is 13.0. The Kier molecular flexibility index (Phi) is 7.72. The van der Waals surface area contributed by atoms with Crippen molar-refractivity contribution in [2.75, 3.05) is 24.8 Å². The Hall–Kier alpha value is -3.49. The van der Waals surface area contributed by atoms with Crippen LogP contribution in [-0.2, 0) is 4.79 Å². The van der Waals surface area contributed by atoms with Gasteiger partial charge in [0.1, 0.15) is 11.5 Å². The van der Waals surface area contributed by atoms with Gasteiger partial charge >= 0.3 is 0 Å². The maximum absolute atomic E-state index is 12.6. The molecule has 9 heteroatoms. The van der Waals surface area contributed by atoms with E-state index in [0.717, 1.165) is 17.0 Å². The lowest BCUT2D eigenvalue weighted by Gasteiger charge is -2.13. The predicted octanol–water partition coefficient (Wildman–Crippen LogP) is 5.73. The molecular weight excluding hydrogens is 472 g/mol. The van der Waals surface area contributed by atoms with E-state index in [1.54, 1.807) is 19.2 Å². The van der Waals surface area contributed by atoms with Crippen LogP contribution in [0.5, 0.6) is 11.5 Å². The minimum Gasteiger partial charge on any atom is -0.496 e. The maximum atomic E-state index is 12.6. The molecule has 1 heterocycles. The number of benzene rings is 3. The number of amides is 1. The monoisotopic (exact) mass is 494 g/mol. The zero-order valence-electron chi connectivity index (χ0n) is 18.7. The highest BCUT2D eigenvalue weighted by molar-refractivity contribution is 7.99. The Bertz CT molecular complexity index is 1280. The maximum Gasteiger partial charge on any atom is 0.234 e. The summed E-state index contributed by atoms with van der Waals surface area (Å²) >= 11 is 7.44. The van der Waals surface area contributed by atoms with Gasteiger partial charge in [-0.2, -0.15) is 0 Å². The third-order valence-electron chi connectivity index (χ3n) is 4.87. The number of hydrogen-bond acceptors (Lipinski definition) is 6. The number of carbonyl (C=O) groups is 1. The van der Waals surface area contributed by atoms with Crippen LogP contribution in [0.3, 0.4) is 0 Å². The second-order valence-corrected chi connectivity index (χ2v) is 8.44. The van der Waals surface area contributed by atoms with Gasteiger partial charge in [-0.05, 0) is 55.5 Å². The smallest absolute Gasteiger partial charge is 0.234 e. The van der Waals surface area contributed by atoms with E-state index in [-0.39, 0.29) is 11.7 Å². The van der Waals surface area contributed by atoms with Crippen LogP contribution in [0.2, 0.25) is 5.02 Å². The van der Waals surface area contributed by atoms with E-state index in [0.29, 0.717) is 34.0 Å². The van der Waals surface area contributed by atoms with E-state index >= 15 is 0 Å². The number of nitrogens with zero attached hydrogens (tertiary/aromatic N) is 3. The van der Waals surface area contributed by atoms with E-state index in [2.05, 4.69) is 15.5 Å². The predicted molar refractivity (Wildman–Crippen MR) is 135 cm³/mol. The molecular formula is C25H23ClN4O3S. The molecule has 0 aliphatic heterocycles. The third kappa shape index (κ3) is 5.35. The largest absolute Gasteiger partial charge is 0.496 e. The average Bonchev–Trinajstić information content (AvgIpc) is 3.28. The number of rotatable bonds is 9. The zero-order valence-corrected chi connectivity index (χ0v) is 20.3. The van der Waals surface area contributed by atoms with Crippen molar-refractivity contribution in [2.24, 2.45) is 0 Å². The normalized spacial score (nSPS) is 10.7. The van der Waals surface area contributed by atoms with Crippen molar-refractivity contribution in [3.63, 3.8) is 0 Å². The summed E-state index contributed by atoms with van der Waals surface area (Å²) in [6.45, 7) is 2.52. The number of nitrogens with one attached hydrogen (secondary N) is 1. The number of aromatic nitrogens is 3. The molecule has 0 aliphatic rings. The van der Waals surface area contributed by atoms with Crippen LogP contribution in [0.25, 0.3) is 17.1 Å².